The van der Waals surface area contributed by atoms with Crippen molar-refractivity contribution in [2.45, 2.75) is 58.0 Å². The number of phenols is 1. The van der Waals surface area contributed by atoms with E-state index in [0.717, 1.165) is 53.1 Å². The third-order valence-electron chi connectivity index (χ3n) is 5.78. The van der Waals surface area contributed by atoms with Gasteiger partial charge in [-0.1, -0.05) is 30.7 Å². The summed E-state index contributed by atoms with van der Waals surface area (Å²) in [6.07, 6.45) is 4.14. The van der Waals surface area contributed by atoms with Crippen LogP contribution in [0.15, 0.2) is 42.0 Å². The largest absolute Gasteiger partial charge is 0.507 e. The Kier molecular flexibility index (Phi) is 4.27. The molecule has 0 radical (unpaired) electrons. The third kappa shape index (κ3) is 2.81. The summed E-state index contributed by atoms with van der Waals surface area (Å²) in [6.45, 7) is 6.42. The first-order chi connectivity index (χ1) is 12.4. The Morgan fingerprint density at radius 1 is 1.15 bits per heavy atom. The highest BCUT2D eigenvalue weighted by Crippen LogP contribution is 2.52. The average Bonchev–Trinajstić information content (AvgIpc) is 3.05. The number of halogens is 1. The number of hydrogen-bond donors (Lipinski definition) is 1. The summed E-state index contributed by atoms with van der Waals surface area (Å²) >= 11 is 6.20. The molecule has 0 spiro atoms. The number of phenolic OH excluding ortho intramolecular Hbond substituents is 1. The quantitative estimate of drug-likeness (QED) is 0.653. The summed E-state index contributed by atoms with van der Waals surface area (Å²) in [4.78, 5) is 0. The van der Waals surface area contributed by atoms with Gasteiger partial charge < -0.3 is 9.84 Å². The molecule has 4 rings (SSSR count). The molecule has 0 saturated carbocycles. The number of hydrogen-bond acceptors (Lipinski definition) is 2. The van der Waals surface area contributed by atoms with Gasteiger partial charge >= 0.3 is 0 Å². The van der Waals surface area contributed by atoms with Crippen LogP contribution in [0.25, 0.3) is 5.57 Å². The van der Waals surface area contributed by atoms with E-state index in [0.29, 0.717) is 5.75 Å². The summed E-state index contributed by atoms with van der Waals surface area (Å²) in [5, 5.41) is 11.6. The number of benzene rings is 2. The zero-order valence-electron chi connectivity index (χ0n) is 15.6. The number of allylic oxidation sites excluding steroid dienone is 1. The van der Waals surface area contributed by atoms with Crippen LogP contribution < -0.4 is 4.74 Å². The van der Waals surface area contributed by atoms with E-state index in [1.807, 2.05) is 24.3 Å². The second-order valence-electron chi connectivity index (χ2n) is 7.85. The molecule has 2 aromatic rings. The molecule has 1 unspecified atom stereocenters. The van der Waals surface area contributed by atoms with Gasteiger partial charge in [0.2, 0.25) is 0 Å². The lowest BCUT2D eigenvalue weighted by atomic mass is 9.84. The van der Waals surface area contributed by atoms with E-state index in [9.17, 15) is 5.11 Å². The Morgan fingerprint density at radius 2 is 1.96 bits per heavy atom. The van der Waals surface area contributed by atoms with E-state index in [2.05, 4.69) is 32.9 Å². The summed E-state index contributed by atoms with van der Waals surface area (Å²) in [7, 11) is 0. The first-order valence-corrected chi connectivity index (χ1v) is 9.82. The smallest absolute Gasteiger partial charge is 0.132 e. The van der Waals surface area contributed by atoms with Gasteiger partial charge in [-0.15, -0.1) is 0 Å². The fourth-order valence-electron chi connectivity index (χ4n) is 4.61. The maximum absolute atomic E-state index is 10.9. The molecule has 0 bridgehead atoms. The number of rotatable bonds is 3. The van der Waals surface area contributed by atoms with E-state index >= 15 is 0 Å². The van der Waals surface area contributed by atoms with Crippen molar-refractivity contribution >= 4 is 17.2 Å². The number of aromatic hydroxyl groups is 1. The monoisotopic (exact) mass is 368 g/mol. The molecular formula is C23H25ClO2. The van der Waals surface area contributed by atoms with Crippen LogP contribution in [0.4, 0.5) is 0 Å². The standard InChI is InChI=1S/C23H25ClO2/c1-4-17(14-7-5-8-16(24)11-14)15-12-20(25)22-18-9-6-10-19(18)23(2,3)26-21(22)13-15/h5,7-8,11-13,17,25H,4,6,9-10H2,1-3H3. The molecule has 1 N–H and O–H groups in total. The first-order valence-electron chi connectivity index (χ1n) is 9.45. The van der Waals surface area contributed by atoms with Gasteiger partial charge in [0.05, 0.1) is 5.56 Å². The summed E-state index contributed by atoms with van der Waals surface area (Å²) < 4.78 is 6.37. The molecule has 1 aliphatic carbocycles. The Bertz CT molecular complexity index is 895. The Morgan fingerprint density at radius 3 is 2.69 bits per heavy atom. The van der Waals surface area contributed by atoms with Crippen molar-refractivity contribution in [3.05, 3.63) is 63.7 Å². The van der Waals surface area contributed by atoms with Gasteiger partial charge in [0, 0.05) is 10.9 Å². The lowest BCUT2D eigenvalue weighted by molar-refractivity contribution is 0.141. The molecule has 136 valence electrons. The van der Waals surface area contributed by atoms with Crippen molar-refractivity contribution in [2.75, 3.05) is 0 Å². The topological polar surface area (TPSA) is 29.5 Å². The van der Waals surface area contributed by atoms with Crippen LogP contribution in [0.3, 0.4) is 0 Å². The summed E-state index contributed by atoms with van der Waals surface area (Å²) in [6, 6.07) is 12.0. The molecule has 1 aliphatic heterocycles. The molecule has 1 heterocycles. The van der Waals surface area contributed by atoms with Gasteiger partial charge in [0.15, 0.2) is 0 Å². The van der Waals surface area contributed by atoms with Gasteiger partial charge in [-0.3, -0.25) is 0 Å². The molecule has 1 atom stereocenters. The highest BCUT2D eigenvalue weighted by molar-refractivity contribution is 6.30. The van der Waals surface area contributed by atoms with Crippen LogP contribution in [-0.2, 0) is 0 Å². The molecule has 0 amide bonds. The average molecular weight is 369 g/mol. The molecule has 2 nitrogen and oxygen atoms in total. The molecular weight excluding hydrogens is 344 g/mol. The van der Waals surface area contributed by atoms with Crippen LogP contribution in [0.5, 0.6) is 11.5 Å². The normalized spacial score (nSPS) is 18.9. The number of ether oxygens (including phenoxy) is 1. The van der Waals surface area contributed by atoms with E-state index < -0.39 is 0 Å². The van der Waals surface area contributed by atoms with E-state index in [4.69, 9.17) is 16.3 Å². The minimum absolute atomic E-state index is 0.176. The second-order valence-corrected chi connectivity index (χ2v) is 8.29. The van der Waals surface area contributed by atoms with Crippen LogP contribution >= 0.6 is 11.6 Å². The van der Waals surface area contributed by atoms with Gasteiger partial charge in [-0.05, 0) is 86.1 Å². The predicted octanol–water partition coefficient (Wildman–Crippen LogP) is 6.70. The zero-order valence-corrected chi connectivity index (χ0v) is 16.4. The highest BCUT2D eigenvalue weighted by Gasteiger charge is 2.38. The van der Waals surface area contributed by atoms with Gasteiger partial charge in [-0.25, -0.2) is 0 Å². The van der Waals surface area contributed by atoms with Gasteiger partial charge in [0.25, 0.3) is 0 Å². The van der Waals surface area contributed by atoms with Crippen molar-refractivity contribution in [2.24, 2.45) is 0 Å². The van der Waals surface area contributed by atoms with Crippen molar-refractivity contribution in [1.29, 1.82) is 0 Å². The second kappa shape index (κ2) is 6.35. The van der Waals surface area contributed by atoms with Crippen molar-refractivity contribution in [3.8, 4) is 11.5 Å². The maximum Gasteiger partial charge on any atom is 0.132 e. The molecule has 3 heteroatoms. The fraction of sp³-hybridized carbons (Fsp3) is 0.391. The number of fused-ring (bicyclic) bond motifs is 2. The minimum atomic E-state index is -0.304. The molecule has 2 aromatic carbocycles. The predicted molar refractivity (Wildman–Crippen MR) is 107 cm³/mol. The fourth-order valence-corrected chi connectivity index (χ4v) is 4.81. The van der Waals surface area contributed by atoms with Gasteiger partial charge in [0.1, 0.15) is 17.1 Å². The SMILES string of the molecule is CCC(c1cccc(Cl)c1)c1cc(O)c2c(c1)OC(C)(C)C1=C2CCC1. The lowest BCUT2D eigenvalue weighted by Crippen LogP contribution is -2.33. The van der Waals surface area contributed by atoms with E-state index in [1.54, 1.807) is 0 Å². The van der Waals surface area contributed by atoms with Crippen molar-refractivity contribution in [1.82, 2.24) is 0 Å². The lowest BCUT2D eigenvalue weighted by Gasteiger charge is -2.35. The third-order valence-corrected chi connectivity index (χ3v) is 6.01. The summed E-state index contributed by atoms with van der Waals surface area (Å²) in [5.74, 6) is 1.32. The molecule has 26 heavy (non-hydrogen) atoms. The molecule has 0 aromatic heterocycles. The van der Waals surface area contributed by atoms with Crippen LogP contribution in [0, 0.1) is 0 Å². The van der Waals surface area contributed by atoms with Crippen molar-refractivity contribution in [3.63, 3.8) is 0 Å². The molecule has 2 aliphatic rings. The Labute approximate surface area is 160 Å². The minimum Gasteiger partial charge on any atom is -0.507 e. The van der Waals surface area contributed by atoms with Crippen LogP contribution in [0.1, 0.15) is 69.1 Å². The van der Waals surface area contributed by atoms with Crippen LogP contribution in [0.2, 0.25) is 5.02 Å². The summed E-state index contributed by atoms with van der Waals surface area (Å²) in [5.41, 5.74) is 5.47. The van der Waals surface area contributed by atoms with Crippen LogP contribution in [-0.4, -0.2) is 10.7 Å². The Balaban J connectivity index is 1.83. The molecule has 0 saturated heterocycles. The van der Waals surface area contributed by atoms with E-state index in [-0.39, 0.29) is 11.5 Å². The van der Waals surface area contributed by atoms with Gasteiger partial charge in [-0.2, -0.15) is 0 Å². The first kappa shape index (κ1) is 17.5. The Hall–Kier alpha value is -1.93. The molecule has 0 fully saturated rings. The van der Waals surface area contributed by atoms with E-state index in [1.165, 1.54) is 11.1 Å². The zero-order chi connectivity index (χ0) is 18.5. The maximum atomic E-state index is 10.9. The highest BCUT2D eigenvalue weighted by atomic mass is 35.5. The van der Waals surface area contributed by atoms with Crippen molar-refractivity contribution < 1.29 is 9.84 Å².